The van der Waals surface area contributed by atoms with Crippen molar-refractivity contribution in [3.8, 4) is 0 Å². The molecule has 0 saturated carbocycles. The summed E-state index contributed by atoms with van der Waals surface area (Å²) in [6, 6.07) is 5.01. The Morgan fingerprint density at radius 2 is 2.21 bits per heavy atom. The number of fused-ring (bicyclic) bond motifs is 1. The van der Waals surface area contributed by atoms with Gasteiger partial charge in [-0.3, -0.25) is 0 Å². The van der Waals surface area contributed by atoms with Gasteiger partial charge in [-0.2, -0.15) is 4.98 Å². The molecule has 3 nitrogen and oxygen atoms in total. The van der Waals surface area contributed by atoms with E-state index < -0.39 is 0 Å². The van der Waals surface area contributed by atoms with Gasteiger partial charge in [-0.15, -0.1) is 11.8 Å². The Bertz CT molecular complexity index is 648. The lowest BCUT2D eigenvalue weighted by Gasteiger charge is -2.10. The molecule has 2 aromatic rings. The normalized spacial score (nSPS) is 13.4. The van der Waals surface area contributed by atoms with Gasteiger partial charge in [0, 0.05) is 17.9 Å². The Labute approximate surface area is 119 Å². The number of thioether (sulfide) groups is 1. The number of aryl methyl sites for hydroxylation is 2. The first-order chi connectivity index (χ1) is 9.13. The SMILES string of the molecule is Cc1ccc(Nc2nc(Cl)nc3c2SCC3)cc1F. The molecular formula is C13H11ClFN3S. The quantitative estimate of drug-likeness (QED) is 0.851. The second-order valence-corrected chi connectivity index (χ2v) is 5.75. The van der Waals surface area contributed by atoms with Crippen molar-refractivity contribution >= 4 is 34.9 Å². The molecule has 0 atom stereocenters. The Kier molecular flexibility index (Phi) is 3.33. The maximum Gasteiger partial charge on any atom is 0.224 e. The average Bonchev–Trinajstić information content (AvgIpc) is 2.82. The molecule has 98 valence electrons. The van der Waals surface area contributed by atoms with E-state index in [4.69, 9.17) is 11.6 Å². The molecular weight excluding hydrogens is 285 g/mol. The average molecular weight is 296 g/mol. The molecule has 0 bridgehead atoms. The Hall–Kier alpha value is -1.33. The number of hydrogen-bond donors (Lipinski definition) is 1. The highest BCUT2D eigenvalue weighted by atomic mass is 35.5. The van der Waals surface area contributed by atoms with Crippen molar-refractivity contribution in [2.45, 2.75) is 18.2 Å². The summed E-state index contributed by atoms with van der Waals surface area (Å²) in [6.45, 7) is 1.73. The van der Waals surface area contributed by atoms with Crippen molar-refractivity contribution in [2.75, 3.05) is 11.1 Å². The fourth-order valence-corrected chi connectivity index (χ4v) is 3.16. The van der Waals surface area contributed by atoms with Crippen LogP contribution in [0.1, 0.15) is 11.3 Å². The van der Waals surface area contributed by atoms with Gasteiger partial charge in [0.25, 0.3) is 0 Å². The molecule has 0 unspecified atom stereocenters. The minimum Gasteiger partial charge on any atom is -0.339 e. The fraction of sp³-hybridized carbons (Fsp3) is 0.231. The monoisotopic (exact) mass is 295 g/mol. The third-order valence-corrected chi connectivity index (χ3v) is 4.22. The van der Waals surface area contributed by atoms with E-state index in [0.29, 0.717) is 17.1 Å². The van der Waals surface area contributed by atoms with Crippen LogP contribution in [0.15, 0.2) is 23.1 Å². The summed E-state index contributed by atoms with van der Waals surface area (Å²) < 4.78 is 13.5. The summed E-state index contributed by atoms with van der Waals surface area (Å²) in [5.74, 6) is 1.39. The Balaban J connectivity index is 1.97. The molecule has 0 aliphatic carbocycles. The van der Waals surface area contributed by atoms with Crippen molar-refractivity contribution in [3.63, 3.8) is 0 Å². The number of aromatic nitrogens is 2. The summed E-state index contributed by atoms with van der Waals surface area (Å²) in [5.41, 5.74) is 2.23. The molecule has 19 heavy (non-hydrogen) atoms. The maximum absolute atomic E-state index is 13.5. The first-order valence-corrected chi connectivity index (χ1v) is 7.22. The molecule has 1 aromatic heterocycles. The van der Waals surface area contributed by atoms with Crippen LogP contribution in [-0.4, -0.2) is 15.7 Å². The van der Waals surface area contributed by atoms with Crippen LogP contribution in [-0.2, 0) is 6.42 Å². The highest BCUT2D eigenvalue weighted by Crippen LogP contribution is 2.37. The van der Waals surface area contributed by atoms with E-state index in [1.165, 1.54) is 6.07 Å². The summed E-state index contributed by atoms with van der Waals surface area (Å²) in [5, 5.41) is 3.34. The molecule has 0 radical (unpaired) electrons. The molecule has 3 rings (SSSR count). The highest BCUT2D eigenvalue weighted by Gasteiger charge is 2.19. The molecule has 1 aliphatic heterocycles. The number of nitrogens with zero attached hydrogens (tertiary/aromatic N) is 2. The molecule has 6 heteroatoms. The van der Waals surface area contributed by atoms with E-state index in [-0.39, 0.29) is 11.1 Å². The smallest absolute Gasteiger partial charge is 0.224 e. The summed E-state index contributed by atoms with van der Waals surface area (Å²) in [7, 11) is 0. The Morgan fingerprint density at radius 1 is 1.37 bits per heavy atom. The molecule has 0 fully saturated rings. The van der Waals surface area contributed by atoms with Gasteiger partial charge >= 0.3 is 0 Å². The van der Waals surface area contributed by atoms with Gasteiger partial charge in [0.1, 0.15) is 11.6 Å². The molecule has 1 aromatic carbocycles. The number of hydrogen-bond acceptors (Lipinski definition) is 4. The van der Waals surface area contributed by atoms with E-state index in [9.17, 15) is 4.39 Å². The van der Waals surface area contributed by atoms with Crippen molar-refractivity contribution < 1.29 is 4.39 Å². The van der Waals surface area contributed by atoms with Gasteiger partial charge in [0.2, 0.25) is 5.28 Å². The zero-order valence-electron chi connectivity index (χ0n) is 10.2. The zero-order valence-corrected chi connectivity index (χ0v) is 11.8. The van der Waals surface area contributed by atoms with Gasteiger partial charge < -0.3 is 5.32 Å². The maximum atomic E-state index is 13.5. The summed E-state index contributed by atoms with van der Waals surface area (Å²) in [4.78, 5) is 9.40. The molecule has 0 spiro atoms. The van der Waals surface area contributed by atoms with Crippen LogP contribution in [0.2, 0.25) is 5.28 Å². The lowest BCUT2D eigenvalue weighted by Crippen LogP contribution is -2.00. The first kappa shape index (κ1) is 12.7. The second kappa shape index (κ2) is 4.98. The fourth-order valence-electron chi connectivity index (χ4n) is 1.93. The molecule has 1 aliphatic rings. The van der Waals surface area contributed by atoms with Crippen LogP contribution in [0, 0.1) is 12.7 Å². The van der Waals surface area contributed by atoms with E-state index in [2.05, 4.69) is 15.3 Å². The van der Waals surface area contributed by atoms with Crippen LogP contribution in [0.4, 0.5) is 15.9 Å². The van der Waals surface area contributed by atoms with Crippen molar-refractivity contribution in [3.05, 3.63) is 40.6 Å². The number of benzene rings is 1. The molecule has 0 saturated heterocycles. The lowest BCUT2D eigenvalue weighted by atomic mass is 10.2. The van der Waals surface area contributed by atoms with E-state index >= 15 is 0 Å². The number of halogens is 2. The molecule has 1 N–H and O–H groups in total. The lowest BCUT2D eigenvalue weighted by molar-refractivity contribution is 0.619. The minimum atomic E-state index is -0.241. The highest BCUT2D eigenvalue weighted by molar-refractivity contribution is 7.99. The number of rotatable bonds is 2. The van der Waals surface area contributed by atoms with E-state index in [0.717, 1.165) is 22.8 Å². The third kappa shape index (κ3) is 2.53. The van der Waals surface area contributed by atoms with Crippen LogP contribution in [0.5, 0.6) is 0 Å². The van der Waals surface area contributed by atoms with Crippen LogP contribution >= 0.6 is 23.4 Å². The van der Waals surface area contributed by atoms with Crippen LogP contribution < -0.4 is 5.32 Å². The number of nitrogens with one attached hydrogen (secondary N) is 1. The Morgan fingerprint density at radius 3 is 3.00 bits per heavy atom. The topological polar surface area (TPSA) is 37.8 Å². The van der Waals surface area contributed by atoms with Crippen LogP contribution in [0.3, 0.4) is 0 Å². The number of anilines is 2. The summed E-state index contributed by atoms with van der Waals surface area (Å²) >= 11 is 7.60. The van der Waals surface area contributed by atoms with Gasteiger partial charge in [0.05, 0.1) is 10.6 Å². The van der Waals surface area contributed by atoms with Crippen molar-refractivity contribution in [1.82, 2.24) is 9.97 Å². The van der Waals surface area contributed by atoms with Crippen molar-refractivity contribution in [1.29, 1.82) is 0 Å². The first-order valence-electron chi connectivity index (χ1n) is 5.86. The molecule has 2 heterocycles. The third-order valence-electron chi connectivity index (χ3n) is 2.93. The van der Waals surface area contributed by atoms with E-state index in [1.807, 2.05) is 6.07 Å². The summed E-state index contributed by atoms with van der Waals surface area (Å²) in [6.07, 6.45) is 0.888. The van der Waals surface area contributed by atoms with Gasteiger partial charge in [-0.05, 0) is 36.2 Å². The predicted octanol–water partition coefficient (Wildman–Crippen LogP) is 3.97. The van der Waals surface area contributed by atoms with Crippen molar-refractivity contribution in [2.24, 2.45) is 0 Å². The predicted molar refractivity (Wildman–Crippen MR) is 75.9 cm³/mol. The second-order valence-electron chi connectivity index (χ2n) is 4.30. The largest absolute Gasteiger partial charge is 0.339 e. The standard InChI is InChI=1S/C13H11ClFN3S/c1-7-2-3-8(6-9(7)15)16-12-11-10(4-5-19-11)17-13(14)18-12/h2-3,6H,4-5H2,1H3,(H,16,17,18). The van der Waals surface area contributed by atoms with Gasteiger partial charge in [0.15, 0.2) is 0 Å². The van der Waals surface area contributed by atoms with Gasteiger partial charge in [-0.25, -0.2) is 9.37 Å². The van der Waals surface area contributed by atoms with E-state index in [1.54, 1.807) is 24.8 Å². The zero-order chi connectivity index (χ0) is 13.4. The minimum absolute atomic E-state index is 0.219. The van der Waals surface area contributed by atoms with Gasteiger partial charge in [-0.1, -0.05) is 6.07 Å². The van der Waals surface area contributed by atoms with Crippen LogP contribution in [0.25, 0.3) is 0 Å². The molecule has 0 amide bonds.